The van der Waals surface area contributed by atoms with Crippen LogP contribution in [0.3, 0.4) is 0 Å². The molecule has 0 fully saturated rings. The molecule has 1 aromatic carbocycles. The van der Waals surface area contributed by atoms with Gasteiger partial charge in [-0.15, -0.1) is 0 Å². The number of anilines is 3. The van der Waals surface area contributed by atoms with Crippen LogP contribution in [0.5, 0.6) is 0 Å². The Balaban J connectivity index is 1.68. The highest BCUT2D eigenvalue weighted by Crippen LogP contribution is 2.32. The van der Waals surface area contributed by atoms with Crippen molar-refractivity contribution in [2.75, 3.05) is 30.9 Å². The second kappa shape index (κ2) is 9.77. The normalized spacial score (nSPS) is 12.4. The Morgan fingerprint density at radius 1 is 1.31 bits per heavy atom. The summed E-state index contributed by atoms with van der Waals surface area (Å²) >= 11 is 0. The van der Waals surface area contributed by atoms with Crippen LogP contribution < -0.4 is 10.6 Å². The first-order chi connectivity index (χ1) is 15.7. The van der Waals surface area contributed by atoms with E-state index in [2.05, 4.69) is 26.7 Å². The first-order valence-corrected chi connectivity index (χ1v) is 10.8. The quantitative estimate of drug-likeness (QED) is 0.471. The number of benzene rings is 1. The minimum Gasteiger partial charge on any atom is -0.392 e. The molecule has 4 rings (SSSR count). The SMILES string of the molecule is CCNc1c(C#N)cc(-c2ccnc(Nc3c4c(nn3CCOC)CCC4)n2)cc1CO. The molecule has 0 unspecified atom stereocenters. The van der Waals surface area contributed by atoms with Gasteiger partial charge in [-0.05, 0) is 44.4 Å². The number of nitrogens with zero attached hydrogens (tertiary/aromatic N) is 5. The first-order valence-electron chi connectivity index (χ1n) is 10.8. The van der Waals surface area contributed by atoms with E-state index in [1.807, 2.05) is 17.7 Å². The molecule has 1 aliphatic rings. The van der Waals surface area contributed by atoms with E-state index in [1.54, 1.807) is 25.4 Å². The molecule has 166 valence electrons. The summed E-state index contributed by atoms with van der Waals surface area (Å²) in [5, 5.41) is 30.7. The average Bonchev–Trinajstić information content (AvgIpc) is 3.40. The number of aryl methyl sites for hydroxylation is 1. The van der Waals surface area contributed by atoms with Crippen LogP contribution >= 0.6 is 0 Å². The molecule has 0 radical (unpaired) electrons. The molecule has 3 N–H and O–H groups in total. The Morgan fingerprint density at radius 2 is 2.19 bits per heavy atom. The summed E-state index contributed by atoms with van der Waals surface area (Å²) in [7, 11) is 1.67. The lowest BCUT2D eigenvalue weighted by Gasteiger charge is -2.14. The van der Waals surface area contributed by atoms with Gasteiger partial charge >= 0.3 is 0 Å². The number of aromatic nitrogens is 4. The van der Waals surface area contributed by atoms with Crippen molar-refractivity contribution in [3.63, 3.8) is 0 Å². The smallest absolute Gasteiger partial charge is 0.228 e. The van der Waals surface area contributed by atoms with Crippen LogP contribution in [0.15, 0.2) is 24.4 Å². The molecule has 0 atom stereocenters. The highest BCUT2D eigenvalue weighted by atomic mass is 16.5. The Hall–Kier alpha value is -3.48. The molecule has 0 saturated heterocycles. The molecule has 0 aliphatic heterocycles. The van der Waals surface area contributed by atoms with Gasteiger partial charge in [0.15, 0.2) is 0 Å². The van der Waals surface area contributed by atoms with Crippen molar-refractivity contribution < 1.29 is 9.84 Å². The van der Waals surface area contributed by atoms with Gasteiger partial charge in [-0.25, -0.2) is 14.6 Å². The van der Waals surface area contributed by atoms with Crippen LogP contribution in [0.2, 0.25) is 0 Å². The summed E-state index contributed by atoms with van der Waals surface area (Å²) in [6, 6.07) is 7.64. The van der Waals surface area contributed by atoms with Crippen molar-refractivity contribution >= 4 is 17.5 Å². The molecule has 0 amide bonds. The third-order valence-corrected chi connectivity index (χ3v) is 5.53. The van der Waals surface area contributed by atoms with Gasteiger partial charge in [0.2, 0.25) is 5.95 Å². The summed E-state index contributed by atoms with van der Waals surface area (Å²) in [4.78, 5) is 9.08. The second-order valence-electron chi connectivity index (χ2n) is 7.59. The fraction of sp³-hybridized carbons (Fsp3) is 0.391. The third-order valence-electron chi connectivity index (χ3n) is 5.53. The van der Waals surface area contributed by atoms with Gasteiger partial charge in [0.25, 0.3) is 0 Å². The molecule has 9 nitrogen and oxygen atoms in total. The van der Waals surface area contributed by atoms with Crippen LogP contribution in [-0.2, 0) is 30.7 Å². The van der Waals surface area contributed by atoms with E-state index in [4.69, 9.17) is 9.84 Å². The number of nitrogens with one attached hydrogen (secondary N) is 2. The Kier molecular flexibility index (Phi) is 6.63. The molecule has 1 aliphatic carbocycles. The van der Waals surface area contributed by atoms with E-state index in [0.29, 0.717) is 48.2 Å². The molecular formula is C23H27N7O2. The van der Waals surface area contributed by atoms with E-state index in [0.717, 1.165) is 36.3 Å². The number of aliphatic hydroxyl groups is 1. The van der Waals surface area contributed by atoms with Crippen molar-refractivity contribution in [3.05, 3.63) is 46.8 Å². The van der Waals surface area contributed by atoms with Gasteiger partial charge in [0.1, 0.15) is 11.9 Å². The lowest BCUT2D eigenvalue weighted by Crippen LogP contribution is -2.11. The third kappa shape index (κ3) is 4.28. The Labute approximate surface area is 187 Å². The number of hydrogen-bond donors (Lipinski definition) is 3. The van der Waals surface area contributed by atoms with E-state index in [-0.39, 0.29) is 6.61 Å². The first kappa shape index (κ1) is 21.7. The van der Waals surface area contributed by atoms with Crippen LogP contribution in [0, 0.1) is 11.3 Å². The number of fused-ring (bicyclic) bond motifs is 1. The summed E-state index contributed by atoms with van der Waals surface area (Å²) in [6.07, 6.45) is 4.73. The van der Waals surface area contributed by atoms with Gasteiger partial charge in [0.05, 0.1) is 42.4 Å². The van der Waals surface area contributed by atoms with Crippen molar-refractivity contribution in [1.29, 1.82) is 5.26 Å². The molecule has 32 heavy (non-hydrogen) atoms. The van der Waals surface area contributed by atoms with Gasteiger partial charge in [-0.2, -0.15) is 10.4 Å². The highest BCUT2D eigenvalue weighted by Gasteiger charge is 2.23. The van der Waals surface area contributed by atoms with Crippen LogP contribution in [-0.4, -0.2) is 45.1 Å². The molecule has 9 heteroatoms. The zero-order valence-electron chi connectivity index (χ0n) is 18.4. The average molecular weight is 434 g/mol. The molecule has 0 bridgehead atoms. The lowest BCUT2D eigenvalue weighted by molar-refractivity contribution is 0.184. The number of ether oxygens (including phenoxy) is 1. The van der Waals surface area contributed by atoms with Crippen molar-refractivity contribution in [2.45, 2.75) is 39.3 Å². The van der Waals surface area contributed by atoms with E-state index in [9.17, 15) is 10.4 Å². The standard InChI is InChI=1S/C23H27N7O2/c1-3-25-21-16(13-24)11-15(12-17(21)14-31)19-7-8-26-23(27-19)28-22-18-5-4-6-20(18)29-30(22)9-10-32-2/h7-8,11-12,25,31H,3-6,9-10,14H2,1-2H3,(H,26,27,28). The molecular weight excluding hydrogens is 406 g/mol. The molecule has 2 aromatic heterocycles. The molecule has 3 aromatic rings. The summed E-state index contributed by atoms with van der Waals surface area (Å²) < 4.78 is 7.15. The summed E-state index contributed by atoms with van der Waals surface area (Å²) in [5.74, 6) is 1.36. The molecule has 0 spiro atoms. The minimum absolute atomic E-state index is 0.175. The number of methoxy groups -OCH3 is 1. The predicted octanol–water partition coefficient (Wildman–Crippen LogP) is 3.01. The summed E-state index contributed by atoms with van der Waals surface area (Å²) in [5.41, 5.74) is 5.52. The number of aliphatic hydroxyl groups excluding tert-OH is 1. The number of nitriles is 1. The van der Waals surface area contributed by atoms with Gasteiger partial charge < -0.3 is 20.5 Å². The fourth-order valence-corrected chi connectivity index (χ4v) is 4.06. The number of hydrogen-bond acceptors (Lipinski definition) is 8. The zero-order valence-corrected chi connectivity index (χ0v) is 18.4. The lowest BCUT2D eigenvalue weighted by atomic mass is 10.0. The number of rotatable bonds is 9. The largest absolute Gasteiger partial charge is 0.392 e. The second-order valence-corrected chi connectivity index (χ2v) is 7.59. The van der Waals surface area contributed by atoms with Crippen LogP contribution in [0.1, 0.15) is 35.7 Å². The van der Waals surface area contributed by atoms with Crippen LogP contribution in [0.25, 0.3) is 11.3 Å². The van der Waals surface area contributed by atoms with E-state index >= 15 is 0 Å². The van der Waals surface area contributed by atoms with Gasteiger partial charge in [-0.1, -0.05) is 0 Å². The molecule has 0 saturated carbocycles. The fourth-order valence-electron chi connectivity index (χ4n) is 4.06. The Morgan fingerprint density at radius 3 is 2.94 bits per heavy atom. The zero-order chi connectivity index (χ0) is 22.5. The Bertz CT molecular complexity index is 1150. The van der Waals surface area contributed by atoms with Gasteiger partial charge in [-0.3, -0.25) is 0 Å². The van der Waals surface area contributed by atoms with Crippen LogP contribution in [0.4, 0.5) is 17.5 Å². The van der Waals surface area contributed by atoms with E-state index in [1.165, 1.54) is 5.56 Å². The van der Waals surface area contributed by atoms with Crippen molar-refractivity contribution in [3.8, 4) is 17.3 Å². The van der Waals surface area contributed by atoms with Crippen molar-refractivity contribution in [1.82, 2.24) is 19.7 Å². The van der Waals surface area contributed by atoms with E-state index < -0.39 is 0 Å². The highest BCUT2D eigenvalue weighted by molar-refractivity contribution is 5.73. The topological polar surface area (TPSA) is 121 Å². The predicted molar refractivity (Wildman–Crippen MR) is 122 cm³/mol. The maximum absolute atomic E-state index is 9.84. The monoisotopic (exact) mass is 433 g/mol. The van der Waals surface area contributed by atoms with Gasteiger partial charge in [0, 0.05) is 36.5 Å². The minimum atomic E-state index is -0.175. The van der Waals surface area contributed by atoms with Crippen molar-refractivity contribution in [2.24, 2.45) is 0 Å². The maximum Gasteiger partial charge on any atom is 0.228 e. The summed E-state index contributed by atoms with van der Waals surface area (Å²) in [6.45, 7) is 3.64. The molecule has 2 heterocycles. The maximum atomic E-state index is 9.84.